The van der Waals surface area contributed by atoms with Crippen LogP contribution in [0.3, 0.4) is 0 Å². The maximum absolute atomic E-state index is 13.8. The van der Waals surface area contributed by atoms with Crippen LogP contribution in [0.1, 0.15) is 47.3 Å². The summed E-state index contributed by atoms with van der Waals surface area (Å²) in [6, 6.07) is 23.1. The number of rotatable bonds is 7. The Morgan fingerprint density at radius 1 is 0.907 bits per heavy atom. The van der Waals surface area contributed by atoms with Gasteiger partial charge in [0.2, 0.25) is 0 Å². The Morgan fingerprint density at radius 2 is 1.70 bits per heavy atom. The first kappa shape index (κ1) is 37.3. The van der Waals surface area contributed by atoms with Gasteiger partial charge >= 0.3 is 0 Å². The van der Waals surface area contributed by atoms with Gasteiger partial charge in [-0.15, -0.1) is 16.4 Å². The van der Waals surface area contributed by atoms with Crippen LogP contribution in [0.5, 0.6) is 0 Å². The molecule has 1 atom stereocenters. The summed E-state index contributed by atoms with van der Waals surface area (Å²) in [5.41, 5.74) is 5.22. The second-order valence-corrected chi connectivity index (χ2v) is 15.4. The van der Waals surface area contributed by atoms with E-state index in [-0.39, 0.29) is 16.6 Å². The number of hydrogen-bond acceptors (Lipinski definition) is 10. The van der Waals surface area contributed by atoms with E-state index in [0.717, 1.165) is 42.4 Å². The molecule has 1 aliphatic rings. The lowest BCUT2D eigenvalue weighted by Crippen LogP contribution is -2.29. The summed E-state index contributed by atoms with van der Waals surface area (Å²) in [6.07, 6.45) is 6.86. The fraction of sp³-hybridized carbons (Fsp3) is 0.158. The molecule has 5 heterocycles. The molecule has 7 aromatic rings. The van der Waals surface area contributed by atoms with Crippen molar-refractivity contribution in [3.8, 4) is 12.1 Å². The molecule has 0 unspecified atom stereocenters. The van der Waals surface area contributed by atoms with E-state index in [2.05, 4.69) is 48.4 Å². The summed E-state index contributed by atoms with van der Waals surface area (Å²) < 4.78 is 16.8. The molecule has 16 heteroatoms. The zero-order chi connectivity index (χ0) is 37.8. The van der Waals surface area contributed by atoms with Gasteiger partial charge in [-0.2, -0.15) is 10.5 Å². The van der Waals surface area contributed by atoms with Crippen molar-refractivity contribution < 1.29 is 4.39 Å². The lowest BCUT2D eigenvalue weighted by atomic mass is 10.0. The van der Waals surface area contributed by atoms with Crippen LogP contribution in [0.25, 0.3) is 21.8 Å². The van der Waals surface area contributed by atoms with Gasteiger partial charge in [0.1, 0.15) is 28.0 Å². The molecule has 1 saturated heterocycles. The first-order valence-corrected chi connectivity index (χ1v) is 18.9. The molecular formula is C38H27Cl4FN10S. The van der Waals surface area contributed by atoms with Crippen molar-refractivity contribution in [2.24, 2.45) is 0 Å². The Morgan fingerprint density at radius 3 is 2.44 bits per heavy atom. The lowest BCUT2D eigenvalue weighted by molar-refractivity contribution is 0.337. The number of halogens is 5. The molecule has 0 radical (unpaired) electrons. The Kier molecular flexibility index (Phi) is 11.4. The number of para-hydroxylation sites is 1. The summed E-state index contributed by atoms with van der Waals surface area (Å²) >= 11 is 27.0. The van der Waals surface area contributed by atoms with Crippen molar-refractivity contribution in [1.82, 2.24) is 30.3 Å². The molecule has 3 N–H and O–H groups in total. The highest BCUT2D eigenvalue weighted by molar-refractivity contribution is 7.20. The first-order chi connectivity index (χ1) is 26.2. The second-order valence-electron chi connectivity index (χ2n) is 12.3. The summed E-state index contributed by atoms with van der Waals surface area (Å²) in [4.78, 5) is 8.55. The van der Waals surface area contributed by atoms with Crippen LogP contribution in [-0.2, 0) is 0 Å². The number of nitrogens with zero attached hydrogens (tertiary/aromatic N) is 7. The Balaban J connectivity index is 0.000000317. The highest BCUT2D eigenvalue weighted by Gasteiger charge is 2.26. The molecule has 1 aliphatic heterocycles. The number of nitriles is 2. The average Bonchev–Trinajstić information content (AvgIpc) is 3.82. The predicted molar refractivity (Wildman–Crippen MR) is 214 cm³/mol. The molecule has 8 rings (SSSR count). The number of aromatic nitrogens is 5. The average molecular weight is 817 g/mol. The third-order valence-corrected chi connectivity index (χ3v) is 10.9. The monoisotopic (exact) mass is 814 g/mol. The van der Waals surface area contributed by atoms with Crippen molar-refractivity contribution in [3.05, 3.63) is 132 Å². The van der Waals surface area contributed by atoms with Crippen LogP contribution >= 0.6 is 57.7 Å². The molecule has 0 spiro atoms. The minimum atomic E-state index is -0.549. The summed E-state index contributed by atoms with van der Waals surface area (Å²) in [6.45, 7) is 1.84. The van der Waals surface area contributed by atoms with Crippen LogP contribution in [0.4, 0.5) is 21.5 Å². The van der Waals surface area contributed by atoms with Gasteiger partial charge in [-0.05, 0) is 74.5 Å². The molecule has 3 aromatic carbocycles. The highest BCUT2D eigenvalue weighted by atomic mass is 35.5. The second kappa shape index (κ2) is 16.5. The summed E-state index contributed by atoms with van der Waals surface area (Å²) in [5.74, 6) is -0.549. The molecule has 10 nitrogen and oxygen atoms in total. The van der Waals surface area contributed by atoms with Gasteiger partial charge in [-0.3, -0.25) is 9.97 Å². The van der Waals surface area contributed by atoms with E-state index < -0.39 is 11.9 Å². The van der Waals surface area contributed by atoms with E-state index >= 15 is 0 Å². The fourth-order valence-corrected chi connectivity index (χ4v) is 8.09. The molecule has 270 valence electrons. The van der Waals surface area contributed by atoms with E-state index in [0.29, 0.717) is 52.9 Å². The first-order valence-electron chi connectivity index (χ1n) is 16.5. The van der Waals surface area contributed by atoms with Crippen LogP contribution in [0.2, 0.25) is 18.7 Å². The maximum atomic E-state index is 13.8. The maximum Gasteiger partial charge on any atom is 0.141 e. The normalized spacial score (nSPS) is 13.5. The van der Waals surface area contributed by atoms with E-state index in [1.54, 1.807) is 18.3 Å². The van der Waals surface area contributed by atoms with Crippen molar-refractivity contribution in [2.45, 2.75) is 24.9 Å². The zero-order valence-corrected chi connectivity index (χ0v) is 31.8. The quantitative estimate of drug-likeness (QED) is 0.143. The molecule has 0 amide bonds. The van der Waals surface area contributed by atoms with Gasteiger partial charge in [-0.1, -0.05) is 69.8 Å². The molecule has 0 aliphatic carbocycles. The predicted octanol–water partition coefficient (Wildman–Crippen LogP) is 10.5. The van der Waals surface area contributed by atoms with Crippen LogP contribution < -0.4 is 16.0 Å². The Bertz CT molecular complexity index is 2570. The highest BCUT2D eigenvalue weighted by Crippen LogP contribution is 2.41. The number of benzene rings is 3. The minimum Gasteiger partial charge on any atom is -0.373 e. The van der Waals surface area contributed by atoms with Gasteiger partial charge in [0.05, 0.1) is 60.5 Å². The molecule has 0 bridgehead atoms. The lowest BCUT2D eigenvalue weighted by Gasteiger charge is -2.22. The van der Waals surface area contributed by atoms with Crippen LogP contribution in [-0.4, -0.2) is 38.1 Å². The molecular weight excluding hydrogens is 789 g/mol. The number of anilines is 3. The third kappa shape index (κ3) is 8.20. The fourth-order valence-electron chi connectivity index (χ4n) is 6.11. The van der Waals surface area contributed by atoms with Crippen LogP contribution in [0, 0.1) is 28.5 Å². The van der Waals surface area contributed by atoms with E-state index in [9.17, 15) is 9.65 Å². The third-order valence-electron chi connectivity index (χ3n) is 8.77. The smallest absolute Gasteiger partial charge is 0.141 e. The van der Waals surface area contributed by atoms with E-state index in [1.165, 1.54) is 35.7 Å². The number of nitrogens with one attached hydrogen (secondary N) is 3. The number of thiophene rings is 1. The number of piperidine rings is 1. The van der Waals surface area contributed by atoms with Crippen molar-refractivity contribution in [3.63, 3.8) is 0 Å². The van der Waals surface area contributed by atoms with Crippen molar-refractivity contribution in [1.29, 1.82) is 10.5 Å². The Labute approximate surface area is 333 Å². The van der Waals surface area contributed by atoms with E-state index in [1.807, 2.05) is 47.3 Å². The number of fused-ring (bicyclic) bond motifs is 2. The van der Waals surface area contributed by atoms with Gasteiger partial charge in [0, 0.05) is 40.1 Å². The topological polar surface area (TPSA) is 140 Å². The van der Waals surface area contributed by atoms with Gasteiger partial charge in [0.15, 0.2) is 0 Å². The molecule has 1 fully saturated rings. The molecule has 54 heavy (non-hydrogen) atoms. The minimum absolute atomic E-state index is 0.0519. The van der Waals surface area contributed by atoms with E-state index in [4.69, 9.17) is 51.7 Å². The Hall–Kier alpha value is -5.05. The number of pyridine rings is 2. The van der Waals surface area contributed by atoms with Crippen LogP contribution in [0.15, 0.2) is 85.3 Å². The van der Waals surface area contributed by atoms with Crippen molar-refractivity contribution in [2.75, 3.05) is 23.7 Å². The summed E-state index contributed by atoms with van der Waals surface area (Å²) in [5, 5.41) is 39.3. The van der Waals surface area contributed by atoms with Gasteiger partial charge in [-0.25, -0.2) is 9.07 Å². The number of hydrogen-bond donors (Lipinski definition) is 3. The van der Waals surface area contributed by atoms with Gasteiger partial charge in [0.25, 0.3) is 0 Å². The summed E-state index contributed by atoms with van der Waals surface area (Å²) in [7, 11) is 0. The molecule has 0 saturated carbocycles. The van der Waals surface area contributed by atoms with Gasteiger partial charge < -0.3 is 16.0 Å². The standard InChI is InChI=1S/C28H21Cl4FN8S.C10H6N2/c29-20-8-15(1-2-22(20)33)37-25-14(11-34)12-36-26-18(25)7-16(9-21(26)30)38-27(19-10-24(31)42-28(19)32)23-13-41(40-39-23)17-3-5-35-6-4-17;11-6-8-5-9-3-1-2-4-10(9)12-7-8/h1-2,7-10,12-13,17,27,35,38H,3-6H2,(H,36,37);1-5,7H/t27-;/m0./s1. The SMILES string of the molecule is N#Cc1cnc2c(Cl)cc(N[C@H](c3cn(C4CCNCC4)nn3)c3cc(Cl)sc3Cl)cc2c1Nc1ccc(F)c(Cl)c1.N#Cc1cnc2ccccc2c1. The molecule has 4 aromatic heterocycles. The largest absolute Gasteiger partial charge is 0.373 e. The van der Waals surface area contributed by atoms with Crippen molar-refractivity contribution >= 4 is 96.6 Å². The zero-order valence-electron chi connectivity index (χ0n) is 28.0.